The molecule has 2 aromatic heterocycles. The van der Waals surface area contributed by atoms with Gasteiger partial charge in [-0.1, -0.05) is 53.5 Å². The highest BCUT2D eigenvalue weighted by Gasteiger charge is 2.27. The van der Waals surface area contributed by atoms with Crippen LogP contribution in [-0.4, -0.2) is 25.7 Å². The number of aromatic nitrogens is 4. The average molecular weight is 463 g/mol. The lowest BCUT2D eigenvalue weighted by atomic mass is 10.0. The lowest BCUT2D eigenvalue weighted by Crippen LogP contribution is -2.20. The molecule has 158 valence electrons. The van der Waals surface area contributed by atoms with Crippen molar-refractivity contribution in [3.05, 3.63) is 106 Å². The summed E-state index contributed by atoms with van der Waals surface area (Å²) in [5.74, 6) is 0.300. The molecule has 7 nitrogen and oxygen atoms in total. The molecule has 0 radical (unpaired) electrons. The number of hydrogen-bond acceptors (Lipinski definition) is 5. The molecule has 0 unspecified atom stereocenters. The predicted molar refractivity (Wildman–Crippen MR) is 125 cm³/mol. The highest BCUT2D eigenvalue weighted by molar-refractivity contribution is 6.31. The van der Waals surface area contributed by atoms with E-state index in [-0.39, 0.29) is 17.9 Å². The maximum absolute atomic E-state index is 12.5. The van der Waals surface area contributed by atoms with Gasteiger partial charge in [-0.15, -0.1) is 5.10 Å². The third-order valence-corrected chi connectivity index (χ3v) is 5.59. The van der Waals surface area contributed by atoms with Crippen LogP contribution >= 0.6 is 23.2 Å². The van der Waals surface area contributed by atoms with Crippen molar-refractivity contribution in [1.82, 2.24) is 19.7 Å². The second-order valence-electron chi connectivity index (χ2n) is 7.08. The summed E-state index contributed by atoms with van der Waals surface area (Å²) in [5.41, 5.74) is 3.03. The lowest BCUT2D eigenvalue weighted by molar-refractivity contribution is 0.102. The Morgan fingerprint density at radius 3 is 2.59 bits per heavy atom. The molecule has 0 saturated heterocycles. The van der Waals surface area contributed by atoms with Gasteiger partial charge in [-0.2, -0.15) is 4.98 Å². The Morgan fingerprint density at radius 2 is 1.84 bits per heavy atom. The second kappa shape index (κ2) is 8.45. The first-order valence-electron chi connectivity index (χ1n) is 9.75. The van der Waals surface area contributed by atoms with Crippen molar-refractivity contribution in [3.8, 4) is 0 Å². The van der Waals surface area contributed by atoms with Crippen LogP contribution in [-0.2, 0) is 0 Å². The molecule has 0 aliphatic carbocycles. The van der Waals surface area contributed by atoms with Gasteiger partial charge in [0.25, 0.3) is 11.9 Å². The fourth-order valence-electron chi connectivity index (χ4n) is 3.45. The van der Waals surface area contributed by atoms with Crippen LogP contribution < -0.4 is 10.6 Å². The Balaban J connectivity index is 1.53. The average Bonchev–Trinajstić information content (AvgIpc) is 3.22. The molecule has 4 aromatic rings. The highest BCUT2D eigenvalue weighted by Crippen LogP contribution is 2.36. The number of carbonyl (C=O) groups excluding carboxylic acids is 1. The van der Waals surface area contributed by atoms with E-state index in [1.807, 2.05) is 54.6 Å². The predicted octanol–water partition coefficient (Wildman–Crippen LogP) is 5.29. The summed E-state index contributed by atoms with van der Waals surface area (Å²) in [5, 5.41) is 11.8. The molecule has 0 saturated carbocycles. The molecule has 1 atom stereocenters. The van der Waals surface area contributed by atoms with E-state index >= 15 is 0 Å². The van der Waals surface area contributed by atoms with E-state index in [0.29, 0.717) is 21.6 Å². The van der Waals surface area contributed by atoms with E-state index in [4.69, 9.17) is 23.2 Å². The van der Waals surface area contributed by atoms with Crippen molar-refractivity contribution < 1.29 is 4.79 Å². The molecule has 5 rings (SSSR count). The number of nitrogens with one attached hydrogen (secondary N) is 2. The minimum atomic E-state index is -0.346. The van der Waals surface area contributed by atoms with Crippen LogP contribution in [0.15, 0.2) is 79.1 Å². The topological polar surface area (TPSA) is 84.7 Å². The maximum Gasteiger partial charge on any atom is 0.259 e. The monoisotopic (exact) mass is 462 g/mol. The quantitative estimate of drug-likeness (QED) is 0.430. The molecule has 0 fully saturated rings. The van der Waals surface area contributed by atoms with E-state index in [1.165, 1.54) is 6.20 Å². The van der Waals surface area contributed by atoms with Gasteiger partial charge in [-0.25, -0.2) is 4.68 Å². The number of halogens is 2. The third-order valence-electron chi connectivity index (χ3n) is 4.99. The number of benzene rings is 2. The summed E-state index contributed by atoms with van der Waals surface area (Å²) >= 11 is 12.6. The number of carbonyl (C=O) groups is 1. The summed E-state index contributed by atoms with van der Waals surface area (Å²) in [6.07, 6.45) is 5.10. The van der Waals surface area contributed by atoms with Crippen molar-refractivity contribution in [2.45, 2.75) is 6.04 Å². The van der Waals surface area contributed by atoms with E-state index in [9.17, 15) is 4.79 Å². The second-order valence-corrected chi connectivity index (χ2v) is 7.92. The Kier molecular flexibility index (Phi) is 5.34. The molecular weight excluding hydrogens is 447 g/mol. The molecule has 32 heavy (non-hydrogen) atoms. The van der Waals surface area contributed by atoms with Crippen LogP contribution in [0.3, 0.4) is 0 Å². The Hall–Kier alpha value is -3.68. The van der Waals surface area contributed by atoms with Crippen LogP contribution in [0.4, 0.5) is 11.9 Å². The van der Waals surface area contributed by atoms with Gasteiger partial charge in [0.1, 0.15) is 6.04 Å². The number of fused-ring (bicyclic) bond motifs is 1. The molecule has 0 bridgehead atoms. The van der Waals surface area contributed by atoms with Gasteiger partial charge >= 0.3 is 0 Å². The van der Waals surface area contributed by atoms with Gasteiger partial charge in [0, 0.05) is 28.1 Å². The van der Waals surface area contributed by atoms with Crippen molar-refractivity contribution >= 4 is 46.7 Å². The van der Waals surface area contributed by atoms with Crippen LogP contribution in [0.1, 0.15) is 27.5 Å². The van der Waals surface area contributed by atoms with Crippen LogP contribution in [0.25, 0.3) is 5.70 Å². The number of amides is 1. The Morgan fingerprint density at radius 1 is 1.03 bits per heavy atom. The number of hydrogen-bond donors (Lipinski definition) is 2. The Labute approximate surface area is 193 Å². The molecule has 1 aliphatic rings. The number of anilines is 2. The zero-order chi connectivity index (χ0) is 22.1. The minimum Gasteiger partial charge on any atom is -0.324 e. The lowest BCUT2D eigenvalue weighted by Gasteiger charge is -2.24. The van der Waals surface area contributed by atoms with Gasteiger partial charge in [0.05, 0.1) is 5.56 Å². The Bertz CT molecular complexity index is 1320. The fourth-order valence-corrected chi connectivity index (χ4v) is 3.82. The zero-order valence-corrected chi connectivity index (χ0v) is 18.0. The fraction of sp³-hybridized carbons (Fsp3) is 0.0435. The van der Waals surface area contributed by atoms with Crippen LogP contribution in [0, 0.1) is 0 Å². The smallest absolute Gasteiger partial charge is 0.259 e. The number of nitrogens with zero attached hydrogens (tertiary/aromatic N) is 4. The van der Waals surface area contributed by atoms with Crippen molar-refractivity contribution in [3.63, 3.8) is 0 Å². The largest absolute Gasteiger partial charge is 0.324 e. The molecule has 9 heteroatoms. The number of rotatable bonds is 4. The van der Waals surface area contributed by atoms with Gasteiger partial charge in [-0.3, -0.25) is 15.1 Å². The SMILES string of the molecule is O=C(Nc1nc2n(n1)[C@H](c1ccccc1Cl)C=C(c1ccc(Cl)cc1)N2)c1cccnc1. The molecule has 0 spiro atoms. The van der Waals surface area contributed by atoms with Crippen LogP contribution in [0.2, 0.25) is 10.0 Å². The number of pyridine rings is 1. The van der Waals surface area contributed by atoms with Gasteiger partial charge in [0.2, 0.25) is 5.95 Å². The van der Waals surface area contributed by atoms with E-state index in [1.54, 1.807) is 23.0 Å². The molecule has 2 N–H and O–H groups in total. The highest BCUT2D eigenvalue weighted by atomic mass is 35.5. The first kappa shape index (κ1) is 20.2. The van der Waals surface area contributed by atoms with E-state index in [2.05, 4.69) is 25.7 Å². The normalized spacial score (nSPS) is 14.8. The molecular formula is C23H16Cl2N6O. The minimum absolute atomic E-state index is 0.171. The molecule has 1 aliphatic heterocycles. The van der Waals surface area contributed by atoms with E-state index < -0.39 is 0 Å². The summed E-state index contributed by atoms with van der Waals surface area (Å²) in [6.45, 7) is 0. The first-order valence-corrected chi connectivity index (χ1v) is 10.5. The van der Waals surface area contributed by atoms with Crippen LogP contribution in [0.5, 0.6) is 0 Å². The summed E-state index contributed by atoms with van der Waals surface area (Å²) < 4.78 is 1.69. The zero-order valence-electron chi connectivity index (χ0n) is 16.5. The van der Waals surface area contributed by atoms with Crippen molar-refractivity contribution in [2.24, 2.45) is 0 Å². The maximum atomic E-state index is 12.5. The summed E-state index contributed by atoms with van der Waals surface area (Å²) in [6, 6.07) is 18.1. The molecule has 2 aromatic carbocycles. The summed E-state index contributed by atoms with van der Waals surface area (Å²) in [4.78, 5) is 21.0. The van der Waals surface area contributed by atoms with Crippen molar-refractivity contribution in [2.75, 3.05) is 10.6 Å². The molecule has 3 heterocycles. The molecule has 1 amide bonds. The van der Waals surface area contributed by atoms with Gasteiger partial charge in [-0.05, 0) is 47.5 Å². The van der Waals surface area contributed by atoms with Gasteiger partial charge < -0.3 is 5.32 Å². The van der Waals surface area contributed by atoms with Gasteiger partial charge in [0.15, 0.2) is 0 Å². The third kappa shape index (κ3) is 3.95. The standard InChI is InChI=1S/C23H16Cl2N6O/c24-16-9-7-14(8-10-16)19-12-20(17-5-1-2-6-18(17)25)31-23(27-19)29-22(30-31)28-21(32)15-4-3-11-26-13-15/h1-13,20H,(H2,27,28,29,30,32)/t20-/m0/s1. The van der Waals surface area contributed by atoms with Crippen molar-refractivity contribution in [1.29, 1.82) is 0 Å². The number of allylic oxidation sites excluding steroid dienone is 1. The first-order chi connectivity index (χ1) is 15.6. The summed E-state index contributed by atoms with van der Waals surface area (Å²) in [7, 11) is 0. The van der Waals surface area contributed by atoms with E-state index in [0.717, 1.165) is 16.8 Å².